The lowest BCUT2D eigenvalue weighted by molar-refractivity contribution is -0.115. The lowest BCUT2D eigenvalue weighted by atomic mass is 10.1. The Balaban J connectivity index is 1.74. The summed E-state index contributed by atoms with van der Waals surface area (Å²) in [5.74, 6) is 0.951. The zero-order valence-electron chi connectivity index (χ0n) is 13.1. The number of carbonyl (C=O) groups is 1. The lowest BCUT2D eigenvalue weighted by Gasteiger charge is -2.06. The number of imidazole rings is 1. The fourth-order valence-electron chi connectivity index (χ4n) is 2.50. The largest absolute Gasteiger partial charge is 0.331 e. The number of hydrogen-bond acceptors (Lipinski definition) is 2. The van der Waals surface area contributed by atoms with E-state index in [1.807, 2.05) is 67.9 Å². The molecule has 3 aromatic rings. The first kappa shape index (κ1) is 14.3. The molecule has 1 aromatic heterocycles. The maximum Gasteiger partial charge on any atom is 0.228 e. The second kappa shape index (κ2) is 5.64. The van der Waals surface area contributed by atoms with E-state index in [0.29, 0.717) is 6.42 Å². The van der Waals surface area contributed by atoms with Crippen molar-refractivity contribution >= 4 is 22.6 Å². The summed E-state index contributed by atoms with van der Waals surface area (Å²) in [6, 6.07) is 13.8. The van der Waals surface area contributed by atoms with Crippen molar-refractivity contribution in [3.05, 3.63) is 59.4 Å². The van der Waals surface area contributed by atoms with Gasteiger partial charge in [0.2, 0.25) is 5.91 Å². The Bertz CT molecular complexity index is 831. The first-order valence-electron chi connectivity index (χ1n) is 7.31. The number of aryl methyl sites for hydroxylation is 3. The van der Waals surface area contributed by atoms with Gasteiger partial charge < -0.3 is 9.88 Å². The second-order valence-corrected chi connectivity index (χ2v) is 5.63. The molecule has 0 bridgehead atoms. The third-order valence-electron chi connectivity index (χ3n) is 3.87. The predicted octanol–water partition coefficient (Wildman–Crippen LogP) is 3.37. The summed E-state index contributed by atoms with van der Waals surface area (Å²) in [5, 5.41) is 2.92. The van der Waals surface area contributed by atoms with Crippen molar-refractivity contribution in [3.63, 3.8) is 0 Å². The average Bonchev–Trinajstić information content (AvgIpc) is 2.76. The Morgan fingerprint density at radius 2 is 1.86 bits per heavy atom. The number of fused-ring (bicyclic) bond motifs is 1. The summed E-state index contributed by atoms with van der Waals surface area (Å²) in [5.41, 5.74) is 4.98. The fourth-order valence-corrected chi connectivity index (χ4v) is 2.50. The molecule has 0 fully saturated rings. The molecule has 1 amide bonds. The van der Waals surface area contributed by atoms with Crippen LogP contribution in [0.3, 0.4) is 0 Å². The molecule has 0 aliphatic rings. The van der Waals surface area contributed by atoms with Gasteiger partial charge in [0.15, 0.2) is 0 Å². The van der Waals surface area contributed by atoms with Crippen LogP contribution in [0.15, 0.2) is 42.5 Å². The quantitative estimate of drug-likeness (QED) is 0.805. The molecule has 0 atom stereocenters. The van der Waals surface area contributed by atoms with E-state index < -0.39 is 0 Å². The molecular weight excluding hydrogens is 274 g/mol. The minimum absolute atomic E-state index is 0.0177. The van der Waals surface area contributed by atoms with E-state index in [-0.39, 0.29) is 5.91 Å². The van der Waals surface area contributed by atoms with Crippen molar-refractivity contribution in [2.45, 2.75) is 20.3 Å². The van der Waals surface area contributed by atoms with Crippen molar-refractivity contribution in [1.29, 1.82) is 0 Å². The Morgan fingerprint density at radius 1 is 1.14 bits per heavy atom. The van der Waals surface area contributed by atoms with Gasteiger partial charge in [-0.15, -0.1) is 0 Å². The highest BCUT2D eigenvalue weighted by atomic mass is 16.1. The molecule has 112 valence electrons. The van der Waals surface area contributed by atoms with Crippen LogP contribution in [-0.4, -0.2) is 15.5 Å². The van der Waals surface area contributed by atoms with E-state index in [1.54, 1.807) is 0 Å². The first-order chi connectivity index (χ1) is 10.5. The molecule has 2 aromatic carbocycles. The van der Waals surface area contributed by atoms with Gasteiger partial charge in [0, 0.05) is 12.7 Å². The number of benzene rings is 2. The molecule has 0 spiro atoms. The van der Waals surface area contributed by atoms with Gasteiger partial charge in [0.1, 0.15) is 5.82 Å². The number of hydrogen-bond donors (Lipinski definition) is 1. The molecule has 0 aliphatic carbocycles. The summed E-state index contributed by atoms with van der Waals surface area (Å²) in [6.07, 6.45) is 0.347. The number of aromatic nitrogens is 2. The van der Waals surface area contributed by atoms with E-state index in [9.17, 15) is 4.79 Å². The number of nitrogens with one attached hydrogen (secondary N) is 1. The van der Waals surface area contributed by atoms with E-state index in [1.165, 1.54) is 5.56 Å². The fraction of sp³-hybridized carbons (Fsp3) is 0.222. The monoisotopic (exact) mass is 293 g/mol. The van der Waals surface area contributed by atoms with E-state index in [0.717, 1.165) is 28.1 Å². The van der Waals surface area contributed by atoms with Gasteiger partial charge in [-0.25, -0.2) is 4.98 Å². The molecule has 22 heavy (non-hydrogen) atoms. The molecule has 4 nitrogen and oxygen atoms in total. The Morgan fingerprint density at radius 3 is 2.59 bits per heavy atom. The highest BCUT2D eigenvalue weighted by Gasteiger charge is 2.08. The minimum Gasteiger partial charge on any atom is -0.331 e. The van der Waals surface area contributed by atoms with Crippen LogP contribution in [0.1, 0.15) is 17.0 Å². The predicted molar refractivity (Wildman–Crippen MR) is 89.0 cm³/mol. The van der Waals surface area contributed by atoms with E-state index in [4.69, 9.17) is 0 Å². The Labute approximate surface area is 129 Å². The maximum atomic E-state index is 12.1. The normalized spacial score (nSPS) is 10.9. The van der Waals surface area contributed by atoms with Gasteiger partial charge in [0.25, 0.3) is 0 Å². The third kappa shape index (κ3) is 2.86. The summed E-state index contributed by atoms with van der Waals surface area (Å²) in [4.78, 5) is 16.6. The van der Waals surface area contributed by atoms with Gasteiger partial charge in [-0.3, -0.25) is 4.79 Å². The van der Waals surface area contributed by atoms with Crippen LogP contribution < -0.4 is 5.32 Å². The lowest BCUT2D eigenvalue weighted by Crippen LogP contribution is -2.14. The summed E-state index contributed by atoms with van der Waals surface area (Å²) >= 11 is 0. The van der Waals surface area contributed by atoms with Gasteiger partial charge >= 0.3 is 0 Å². The van der Waals surface area contributed by atoms with Crippen LogP contribution in [-0.2, 0) is 18.3 Å². The SMILES string of the molecule is Cc1ccc(NC(=O)Cc2ccc3c(c2)nc(C)n3C)cc1. The maximum absolute atomic E-state index is 12.1. The minimum atomic E-state index is -0.0177. The van der Waals surface area contributed by atoms with Gasteiger partial charge in [-0.1, -0.05) is 23.8 Å². The molecule has 0 saturated carbocycles. The topological polar surface area (TPSA) is 46.9 Å². The highest BCUT2D eigenvalue weighted by molar-refractivity contribution is 5.92. The van der Waals surface area contributed by atoms with Crippen LogP contribution in [0.5, 0.6) is 0 Å². The molecule has 1 N–H and O–H groups in total. The van der Waals surface area contributed by atoms with Gasteiger partial charge in [-0.2, -0.15) is 0 Å². The number of anilines is 1. The van der Waals surface area contributed by atoms with E-state index >= 15 is 0 Å². The third-order valence-corrected chi connectivity index (χ3v) is 3.87. The number of nitrogens with zero attached hydrogens (tertiary/aromatic N) is 2. The average molecular weight is 293 g/mol. The van der Waals surface area contributed by atoms with Crippen LogP contribution in [0.2, 0.25) is 0 Å². The number of rotatable bonds is 3. The number of amides is 1. The van der Waals surface area contributed by atoms with Gasteiger partial charge in [0.05, 0.1) is 17.5 Å². The Kier molecular flexibility index (Phi) is 3.67. The molecule has 4 heteroatoms. The van der Waals surface area contributed by atoms with Crippen LogP contribution in [0.4, 0.5) is 5.69 Å². The molecule has 1 heterocycles. The van der Waals surface area contributed by atoms with E-state index in [2.05, 4.69) is 10.3 Å². The van der Waals surface area contributed by atoms with Crippen molar-refractivity contribution in [3.8, 4) is 0 Å². The van der Waals surface area contributed by atoms with Crippen LogP contribution in [0.25, 0.3) is 11.0 Å². The second-order valence-electron chi connectivity index (χ2n) is 5.63. The van der Waals surface area contributed by atoms with Crippen molar-refractivity contribution in [1.82, 2.24) is 9.55 Å². The van der Waals surface area contributed by atoms with Gasteiger partial charge in [-0.05, 0) is 43.7 Å². The molecule has 0 aliphatic heterocycles. The zero-order chi connectivity index (χ0) is 15.7. The summed E-state index contributed by atoms with van der Waals surface area (Å²) < 4.78 is 2.05. The summed E-state index contributed by atoms with van der Waals surface area (Å²) in [6.45, 7) is 4.00. The molecular formula is C18H19N3O. The van der Waals surface area contributed by atoms with Crippen molar-refractivity contribution < 1.29 is 4.79 Å². The highest BCUT2D eigenvalue weighted by Crippen LogP contribution is 2.17. The molecule has 0 saturated heterocycles. The standard InChI is InChI=1S/C18H19N3O/c1-12-4-7-15(8-5-12)20-18(22)11-14-6-9-17-16(10-14)19-13(2)21(17)3/h4-10H,11H2,1-3H3,(H,20,22). The summed E-state index contributed by atoms with van der Waals surface area (Å²) in [7, 11) is 1.99. The smallest absolute Gasteiger partial charge is 0.228 e. The van der Waals surface area contributed by atoms with Crippen molar-refractivity contribution in [2.24, 2.45) is 7.05 Å². The van der Waals surface area contributed by atoms with Crippen LogP contribution >= 0.6 is 0 Å². The van der Waals surface area contributed by atoms with Crippen molar-refractivity contribution in [2.75, 3.05) is 5.32 Å². The zero-order valence-corrected chi connectivity index (χ0v) is 13.1. The first-order valence-corrected chi connectivity index (χ1v) is 7.31. The number of carbonyl (C=O) groups excluding carboxylic acids is 1. The molecule has 0 radical (unpaired) electrons. The Hall–Kier alpha value is -2.62. The van der Waals surface area contributed by atoms with Crippen LogP contribution in [0, 0.1) is 13.8 Å². The molecule has 0 unspecified atom stereocenters. The molecule has 3 rings (SSSR count).